The van der Waals surface area contributed by atoms with Gasteiger partial charge < -0.3 is 20.2 Å². The summed E-state index contributed by atoms with van der Waals surface area (Å²) < 4.78 is 0. The van der Waals surface area contributed by atoms with Crippen LogP contribution in [0.5, 0.6) is 0 Å². The highest BCUT2D eigenvalue weighted by Crippen LogP contribution is 2.22. The van der Waals surface area contributed by atoms with Crippen molar-refractivity contribution in [3.63, 3.8) is 0 Å². The number of hydrogen-bond donors (Lipinski definition) is 2. The van der Waals surface area contributed by atoms with Gasteiger partial charge in [0.05, 0.1) is 0 Å². The molecule has 0 bridgehead atoms. The third kappa shape index (κ3) is 5.24. The second kappa shape index (κ2) is 8.11. The molecule has 0 spiro atoms. The van der Waals surface area contributed by atoms with E-state index in [1.807, 2.05) is 6.92 Å². The van der Waals surface area contributed by atoms with Crippen LogP contribution in [0.15, 0.2) is 0 Å². The van der Waals surface area contributed by atoms with Crippen LogP contribution in [0.4, 0.5) is 0 Å². The molecule has 1 heterocycles. The van der Waals surface area contributed by atoms with Crippen molar-refractivity contribution in [2.75, 3.05) is 33.7 Å². The summed E-state index contributed by atoms with van der Waals surface area (Å²) >= 11 is 0. The van der Waals surface area contributed by atoms with Gasteiger partial charge in [0.1, 0.15) is 5.54 Å². The summed E-state index contributed by atoms with van der Waals surface area (Å²) in [6.07, 6.45) is 3.94. The number of likely N-dealkylation sites (tertiary alicyclic amines) is 1. The van der Waals surface area contributed by atoms with E-state index in [9.17, 15) is 9.90 Å². The van der Waals surface area contributed by atoms with Gasteiger partial charge in [-0.1, -0.05) is 6.92 Å². The minimum Gasteiger partial charge on any atom is -0.480 e. The molecule has 2 N–H and O–H groups in total. The van der Waals surface area contributed by atoms with Gasteiger partial charge in [0.2, 0.25) is 0 Å². The zero-order chi connectivity index (χ0) is 16.0. The van der Waals surface area contributed by atoms with E-state index < -0.39 is 11.5 Å². The number of carboxylic acids is 1. The van der Waals surface area contributed by atoms with E-state index in [1.165, 1.54) is 12.8 Å². The number of piperidine rings is 1. The SMILES string of the molecule is CCCNC(C)(CC(C)N1CCC(N(C)C)CC1)C(=O)O. The van der Waals surface area contributed by atoms with E-state index >= 15 is 0 Å². The maximum atomic E-state index is 11.6. The minimum absolute atomic E-state index is 0.290. The first-order valence-electron chi connectivity index (χ1n) is 8.19. The van der Waals surface area contributed by atoms with Crippen molar-refractivity contribution in [2.24, 2.45) is 0 Å². The summed E-state index contributed by atoms with van der Waals surface area (Å²) in [6, 6.07) is 0.955. The van der Waals surface area contributed by atoms with Crippen LogP contribution in [-0.2, 0) is 4.79 Å². The monoisotopic (exact) mass is 299 g/mol. The average Bonchev–Trinajstić information content (AvgIpc) is 2.45. The van der Waals surface area contributed by atoms with E-state index in [1.54, 1.807) is 0 Å². The van der Waals surface area contributed by atoms with Gasteiger partial charge in [0.25, 0.3) is 0 Å². The molecule has 1 saturated heterocycles. The fourth-order valence-corrected chi connectivity index (χ4v) is 3.20. The van der Waals surface area contributed by atoms with Crippen LogP contribution < -0.4 is 5.32 Å². The number of nitrogens with zero attached hydrogens (tertiary/aromatic N) is 2. The second-order valence-corrected chi connectivity index (χ2v) is 6.85. The molecule has 2 unspecified atom stereocenters. The summed E-state index contributed by atoms with van der Waals surface area (Å²) in [5, 5.41) is 12.7. The summed E-state index contributed by atoms with van der Waals surface area (Å²) in [5.41, 5.74) is -0.826. The molecule has 0 aromatic heterocycles. The lowest BCUT2D eigenvalue weighted by molar-refractivity contribution is -0.145. The third-order valence-corrected chi connectivity index (χ3v) is 4.79. The van der Waals surface area contributed by atoms with E-state index in [4.69, 9.17) is 0 Å². The van der Waals surface area contributed by atoms with Crippen molar-refractivity contribution < 1.29 is 9.90 Å². The van der Waals surface area contributed by atoms with Crippen molar-refractivity contribution in [3.8, 4) is 0 Å². The smallest absolute Gasteiger partial charge is 0.323 e. The predicted octanol–water partition coefficient (Wildman–Crippen LogP) is 1.63. The number of nitrogens with one attached hydrogen (secondary N) is 1. The molecule has 5 heteroatoms. The van der Waals surface area contributed by atoms with Gasteiger partial charge in [0, 0.05) is 12.1 Å². The molecule has 1 aliphatic rings. The molecule has 0 amide bonds. The van der Waals surface area contributed by atoms with E-state index in [0.717, 1.165) is 26.1 Å². The Kier molecular flexibility index (Phi) is 7.10. The van der Waals surface area contributed by atoms with Crippen LogP contribution in [0.1, 0.15) is 46.5 Å². The highest BCUT2D eigenvalue weighted by Gasteiger charge is 2.36. The van der Waals surface area contributed by atoms with Crippen molar-refractivity contribution >= 4 is 5.97 Å². The lowest BCUT2D eigenvalue weighted by Crippen LogP contribution is -2.55. The molecule has 0 aliphatic carbocycles. The standard InChI is InChI=1S/C16H33N3O2/c1-6-9-17-16(3,15(20)21)12-13(2)19-10-7-14(8-11-19)18(4)5/h13-14,17H,6-12H2,1-5H3,(H,20,21). The quantitative estimate of drug-likeness (QED) is 0.713. The van der Waals surface area contributed by atoms with Crippen molar-refractivity contribution in [1.29, 1.82) is 0 Å². The van der Waals surface area contributed by atoms with E-state index in [2.05, 4.69) is 43.1 Å². The number of hydrogen-bond acceptors (Lipinski definition) is 4. The van der Waals surface area contributed by atoms with E-state index in [-0.39, 0.29) is 0 Å². The zero-order valence-corrected chi connectivity index (χ0v) is 14.4. The Hall–Kier alpha value is -0.650. The van der Waals surface area contributed by atoms with Crippen molar-refractivity contribution in [3.05, 3.63) is 0 Å². The van der Waals surface area contributed by atoms with Gasteiger partial charge in [-0.2, -0.15) is 0 Å². The molecule has 124 valence electrons. The largest absolute Gasteiger partial charge is 0.480 e. The van der Waals surface area contributed by atoms with Crippen LogP contribution in [0.3, 0.4) is 0 Å². The molecule has 1 rings (SSSR count). The second-order valence-electron chi connectivity index (χ2n) is 6.85. The van der Waals surface area contributed by atoms with Crippen LogP contribution in [0, 0.1) is 0 Å². The van der Waals surface area contributed by atoms with Crippen LogP contribution in [0.25, 0.3) is 0 Å². The molecule has 0 saturated carbocycles. The first kappa shape index (κ1) is 18.4. The predicted molar refractivity (Wildman–Crippen MR) is 86.7 cm³/mol. The Morgan fingerprint density at radius 3 is 2.43 bits per heavy atom. The third-order valence-electron chi connectivity index (χ3n) is 4.79. The van der Waals surface area contributed by atoms with Gasteiger partial charge in [-0.3, -0.25) is 4.79 Å². The maximum absolute atomic E-state index is 11.6. The van der Waals surface area contributed by atoms with Gasteiger partial charge in [-0.25, -0.2) is 0 Å². The van der Waals surface area contributed by atoms with Gasteiger partial charge >= 0.3 is 5.97 Å². The van der Waals surface area contributed by atoms with Crippen molar-refractivity contribution in [2.45, 2.75) is 64.1 Å². The molecule has 0 aromatic rings. The van der Waals surface area contributed by atoms with E-state index in [0.29, 0.717) is 18.5 Å². The number of rotatable bonds is 8. The first-order chi connectivity index (χ1) is 9.80. The molecular formula is C16H33N3O2. The molecule has 21 heavy (non-hydrogen) atoms. The Morgan fingerprint density at radius 1 is 1.43 bits per heavy atom. The van der Waals surface area contributed by atoms with Gasteiger partial charge in [-0.05, 0) is 73.3 Å². The lowest BCUT2D eigenvalue weighted by atomic mass is 9.91. The number of carbonyl (C=O) groups is 1. The van der Waals surface area contributed by atoms with Crippen LogP contribution in [0.2, 0.25) is 0 Å². The lowest BCUT2D eigenvalue weighted by Gasteiger charge is -2.40. The molecule has 1 aliphatic heterocycles. The zero-order valence-electron chi connectivity index (χ0n) is 14.4. The fourth-order valence-electron chi connectivity index (χ4n) is 3.20. The Morgan fingerprint density at radius 2 is 2.00 bits per heavy atom. The summed E-state index contributed by atoms with van der Waals surface area (Å²) in [6.45, 7) is 8.91. The maximum Gasteiger partial charge on any atom is 0.323 e. The molecule has 0 aromatic carbocycles. The highest BCUT2D eigenvalue weighted by molar-refractivity contribution is 5.78. The fraction of sp³-hybridized carbons (Fsp3) is 0.938. The average molecular weight is 299 g/mol. The topological polar surface area (TPSA) is 55.8 Å². The Bertz CT molecular complexity index is 327. The Labute approximate surface area is 129 Å². The van der Waals surface area contributed by atoms with Gasteiger partial charge in [0.15, 0.2) is 0 Å². The normalized spacial score (nSPS) is 22.2. The van der Waals surface area contributed by atoms with Crippen molar-refractivity contribution in [1.82, 2.24) is 15.1 Å². The van der Waals surface area contributed by atoms with Crippen LogP contribution >= 0.6 is 0 Å². The number of carboxylic acid groups (broad SMARTS) is 1. The summed E-state index contributed by atoms with van der Waals surface area (Å²) in [4.78, 5) is 16.3. The molecular weight excluding hydrogens is 266 g/mol. The Balaban J connectivity index is 2.54. The van der Waals surface area contributed by atoms with Crippen LogP contribution in [-0.4, -0.2) is 72.2 Å². The highest BCUT2D eigenvalue weighted by atomic mass is 16.4. The summed E-state index contributed by atoms with van der Waals surface area (Å²) in [7, 11) is 4.28. The van der Waals surface area contributed by atoms with Gasteiger partial charge in [-0.15, -0.1) is 0 Å². The molecule has 2 atom stereocenters. The molecule has 5 nitrogen and oxygen atoms in total. The summed E-state index contributed by atoms with van der Waals surface area (Å²) in [5.74, 6) is -0.744. The number of aliphatic carboxylic acids is 1. The first-order valence-corrected chi connectivity index (χ1v) is 8.19. The molecule has 1 fully saturated rings. The minimum atomic E-state index is -0.826. The molecule has 0 radical (unpaired) electrons.